The molecule has 1 aliphatic rings. The van der Waals surface area contributed by atoms with Crippen molar-refractivity contribution < 1.29 is 32.6 Å². The molecule has 0 heterocycles. The SMILES string of the molecule is O=C1c2cc(F)ccc2CC1C(O)(O)C(F)(F)F. The van der Waals surface area contributed by atoms with Crippen molar-refractivity contribution in [3.8, 4) is 0 Å². The van der Waals surface area contributed by atoms with Crippen LogP contribution >= 0.6 is 0 Å². The predicted molar refractivity (Wildman–Crippen MR) is 51.1 cm³/mol. The Labute approximate surface area is 98.7 Å². The zero-order valence-electron chi connectivity index (χ0n) is 8.83. The van der Waals surface area contributed by atoms with E-state index in [0.717, 1.165) is 18.2 Å². The number of rotatable bonds is 1. The van der Waals surface area contributed by atoms with Gasteiger partial charge in [-0.15, -0.1) is 0 Å². The quantitative estimate of drug-likeness (QED) is 0.596. The lowest BCUT2D eigenvalue weighted by molar-refractivity contribution is -0.361. The Kier molecular flexibility index (Phi) is 2.71. The maximum atomic E-state index is 12.9. The average molecular weight is 264 g/mol. The van der Waals surface area contributed by atoms with Crippen molar-refractivity contribution in [2.75, 3.05) is 0 Å². The van der Waals surface area contributed by atoms with Gasteiger partial charge in [0.25, 0.3) is 5.79 Å². The van der Waals surface area contributed by atoms with Gasteiger partial charge in [0.2, 0.25) is 0 Å². The number of hydrogen-bond donors (Lipinski definition) is 2. The van der Waals surface area contributed by atoms with Crippen molar-refractivity contribution in [2.45, 2.75) is 18.4 Å². The monoisotopic (exact) mass is 264 g/mol. The molecule has 0 bridgehead atoms. The number of benzene rings is 1. The molecule has 0 saturated heterocycles. The molecular formula is C11H8F4O3. The molecule has 1 aromatic rings. The zero-order valence-corrected chi connectivity index (χ0v) is 8.83. The first-order chi connectivity index (χ1) is 8.14. The van der Waals surface area contributed by atoms with Crippen LogP contribution < -0.4 is 0 Å². The fraction of sp³-hybridized carbons (Fsp3) is 0.364. The van der Waals surface area contributed by atoms with Gasteiger partial charge in [-0.1, -0.05) is 6.07 Å². The van der Waals surface area contributed by atoms with Gasteiger partial charge in [-0.3, -0.25) is 4.79 Å². The van der Waals surface area contributed by atoms with Crippen molar-refractivity contribution in [3.05, 3.63) is 35.1 Å². The van der Waals surface area contributed by atoms with Crippen molar-refractivity contribution in [1.29, 1.82) is 0 Å². The summed E-state index contributed by atoms with van der Waals surface area (Å²) >= 11 is 0. The first-order valence-corrected chi connectivity index (χ1v) is 4.98. The van der Waals surface area contributed by atoms with Crippen molar-refractivity contribution in [3.63, 3.8) is 0 Å². The van der Waals surface area contributed by atoms with Gasteiger partial charge in [-0.25, -0.2) is 4.39 Å². The van der Waals surface area contributed by atoms with Crippen molar-refractivity contribution in [1.82, 2.24) is 0 Å². The molecule has 1 atom stereocenters. The molecule has 0 aliphatic heterocycles. The van der Waals surface area contributed by atoms with E-state index in [-0.39, 0.29) is 11.1 Å². The molecule has 7 heteroatoms. The van der Waals surface area contributed by atoms with Gasteiger partial charge >= 0.3 is 6.18 Å². The molecule has 1 aromatic carbocycles. The van der Waals surface area contributed by atoms with Crippen LogP contribution in [0.4, 0.5) is 17.6 Å². The van der Waals surface area contributed by atoms with Gasteiger partial charge in [-0.2, -0.15) is 13.2 Å². The van der Waals surface area contributed by atoms with Crippen LogP contribution in [-0.2, 0) is 6.42 Å². The highest BCUT2D eigenvalue weighted by atomic mass is 19.4. The standard InChI is InChI=1S/C11H8F4O3/c12-6-2-1-5-3-8(9(16)7(5)4-6)10(17,18)11(13,14)15/h1-2,4,8,17-18H,3H2. The first-order valence-electron chi connectivity index (χ1n) is 4.98. The summed E-state index contributed by atoms with van der Waals surface area (Å²) in [4.78, 5) is 11.7. The Balaban J connectivity index is 2.41. The van der Waals surface area contributed by atoms with Crippen LogP contribution in [0.25, 0.3) is 0 Å². The van der Waals surface area contributed by atoms with E-state index in [9.17, 15) is 22.4 Å². The molecule has 0 fully saturated rings. The van der Waals surface area contributed by atoms with E-state index in [0.29, 0.717) is 0 Å². The van der Waals surface area contributed by atoms with E-state index < -0.39 is 35.9 Å². The molecular weight excluding hydrogens is 256 g/mol. The van der Waals surface area contributed by atoms with E-state index in [1.807, 2.05) is 0 Å². The number of alkyl halides is 3. The van der Waals surface area contributed by atoms with Gasteiger partial charge in [0.15, 0.2) is 5.78 Å². The van der Waals surface area contributed by atoms with E-state index >= 15 is 0 Å². The molecule has 2 N–H and O–H groups in total. The molecule has 0 radical (unpaired) electrons. The maximum Gasteiger partial charge on any atom is 0.443 e. The van der Waals surface area contributed by atoms with E-state index in [1.165, 1.54) is 0 Å². The van der Waals surface area contributed by atoms with Gasteiger partial charge < -0.3 is 10.2 Å². The van der Waals surface area contributed by atoms with Crippen LogP contribution in [0.1, 0.15) is 15.9 Å². The number of carbonyl (C=O) groups excluding carboxylic acids is 1. The number of hydrogen-bond acceptors (Lipinski definition) is 3. The smallest absolute Gasteiger partial charge is 0.358 e. The molecule has 98 valence electrons. The summed E-state index contributed by atoms with van der Waals surface area (Å²) in [6, 6.07) is 2.96. The van der Waals surface area contributed by atoms with Crippen LogP contribution in [0, 0.1) is 11.7 Å². The molecule has 0 amide bonds. The van der Waals surface area contributed by atoms with E-state index in [1.54, 1.807) is 0 Å². The first kappa shape index (κ1) is 13.0. The second kappa shape index (κ2) is 3.76. The minimum absolute atomic E-state index is 0.170. The van der Waals surface area contributed by atoms with Crippen molar-refractivity contribution in [2.24, 2.45) is 5.92 Å². The van der Waals surface area contributed by atoms with Gasteiger partial charge in [-0.05, 0) is 24.1 Å². The number of halogens is 4. The zero-order chi connectivity index (χ0) is 13.7. The highest BCUT2D eigenvalue weighted by Crippen LogP contribution is 2.41. The van der Waals surface area contributed by atoms with Gasteiger partial charge in [0.1, 0.15) is 5.82 Å². The maximum absolute atomic E-state index is 12.9. The third-order valence-corrected chi connectivity index (χ3v) is 2.98. The van der Waals surface area contributed by atoms with Crippen LogP contribution in [0.2, 0.25) is 0 Å². The molecule has 0 aromatic heterocycles. The normalized spacial score (nSPS) is 20.1. The molecule has 1 unspecified atom stereocenters. The summed E-state index contributed by atoms with van der Waals surface area (Å²) in [6.45, 7) is 0. The van der Waals surface area contributed by atoms with Gasteiger partial charge in [0, 0.05) is 5.56 Å². The lowest BCUT2D eigenvalue weighted by Crippen LogP contribution is -2.53. The highest BCUT2D eigenvalue weighted by molar-refractivity contribution is 6.02. The minimum atomic E-state index is -5.35. The van der Waals surface area contributed by atoms with Crippen LogP contribution in [-0.4, -0.2) is 28.0 Å². The fourth-order valence-electron chi connectivity index (χ4n) is 1.98. The molecule has 3 nitrogen and oxygen atoms in total. The fourth-order valence-corrected chi connectivity index (χ4v) is 1.98. The van der Waals surface area contributed by atoms with E-state index in [4.69, 9.17) is 10.2 Å². The summed E-state index contributed by atoms with van der Waals surface area (Å²) in [5, 5.41) is 18.2. The summed E-state index contributed by atoms with van der Waals surface area (Å²) in [5.41, 5.74) is -0.0696. The average Bonchev–Trinajstić information content (AvgIpc) is 2.55. The lowest BCUT2D eigenvalue weighted by atomic mass is 9.94. The number of Topliss-reactive ketones (excluding diaryl/α,β-unsaturated/α-hetero) is 1. The molecule has 0 spiro atoms. The third kappa shape index (κ3) is 1.79. The highest BCUT2D eigenvalue weighted by Gasteiger charge is 2.61. The number of fused-ring (bicyclic) bond motifs is 1. The molecule has 0 saturated carbocycles. The largest absolute Gasteiger partial charge is 0.443 e. The molecule has 18 heavy (non-hydrogen) atoms. The topological polar surface area (TPSA) is 57.5 Å². The number of aliphatic hydroxyl groups is 2. The second-order valence-corrected chi connectivity index (χ2v) is 4.15. The third-order valence-electron chi connectivity index (χ3n) is 2.98. The molecule has 2 rings (SSSR count). The van der Waals surface area contributed by atoms with Crippen LogP contribution in [0.3, 0.4) is 0 Å². The summed E-state index contributed by atoms with van der Waals surface area (Å²) in [5.74, 6) is -8.06. The Morgan fingerprint density at radius 1 is 1.22 bits per heavy atom. The van der Waals surface area contributed by atoms with Crippen LogP contribution in [0.15, 0.2) is 18.2 Å². The Morgan fingerprint density at radius 3 is 2.39 bits per heavy atom. The van der Waals surface area contributed by atoms with Gasteiger partial charge in [0.05, 0.1) is 5.92 Å². The summed E-state index contributed by atoms with van der Waals surface area (Å²) < 4.78 is 50.2. The number of carbonyl (C=O) groups is 1. The Morgan fingerprint density at radius 2 is 1.83 bits per heavy atom. The minimum Gasteiger partial charge on any atom is -0.358 e. The number of ketones is 1. The predicted octanol–water partition coefficient (Wildman–Crippen LogP) is 1.42. The second-order valence-electron chi connectivity index (χ2n) is 4.15. The molecule has 1 aliphatic carbocycles. The van der Waals surface area contributed by atoms with Crippen LogP contribution in [0.5, 0.6) is 0 Å². The van der Waals surface area contributed by atoms with Crippen molar-refractivity contribution >= 4 is 5.78 Å². The Hall–Kier alpha value is -1.47. The summed E-state index contributed by atoms with van der Waals surface area (Å²) in [6.07, 6.45) is -5.84. The lowest BCUT2D eigenvalue weighted by Gasteiger charge is -2.29. The summed E-state index contributed by atoms with van der Waals surface area (Å²) in [7, 11) is 0. The Bertz CT molecular complexity index is 508. The van der Waals surface area contributed by atoms with E-state index in [2.05, 4.69) is 0 Å².